The van der Waals surface area contributed by atoms with Crippen LogP contribution >= 0.6 is 0 Å². The second-order valence-electron chi connectivity index (χ2n) is 6.39. The number of aromatic amines is 1. The Balaban J connectivity index is 1.53. The maximum absolute atomic E-state index is 13.6. The molecule has 0 saturated carbocycles. The molecule has 0 radical (unpaired) electrons. The van der Waals surface area contributed by atoms with E-state index >= 15 is 0 Å². The first kappa shape index (κ1) is 16.0. The molecule has 2 heterocycles. The minimum Gasteiger partial charge on any atom is -0.314 e. The Morgan fingerprint density at radius 1 is 1.08 bits per heavy atom. The second kappa shape index (κ2) is 7.17. The zero-order valence-electron chi connectivity index (χ0n) is 14.0. The lowest BCUT2D eigenvalue weighted by molar-refractivity contribution is 0.151. The van der Waals surface area contributed by atoms with Gasteiger partial charge in [0.25, 0.3) is 0 Å². The molecule has 0 bridgehead atoms. The molecule has 1 aromatic heterocycles. The molecule has 2 N–H and O–H groups in total. The molecule has 0 aliphatic carbocycles. The third kappa shape index (κ3) is 3.62. The SMILES string of the molecule is Fc1cccc(C2CNCCN2Cc2cc(-c3ccccc3)n[nH]2)c1. The molecule has 128 valence electrons. The van der Waals surface area contributed by atoms with Crippen molar-refractivity contribution in [2.24, 2.45) is 0 Å². The van der Waals surface area contributed by atoms with Gasteiger partial charge < -0.3 is 5.32 Å². The topological polar surface area (TPSA) is 44.0 Å². The number of piperazine rings is 1. The van der Waals surface area contributed by atoms with Gasteiger partial charge >= 0.3 is 0 Å². The maximum atomic E-state index is 13.6. The number of aromatic nitrogens is 2. The van der Waals surface area contributed by atoms with Gasteiger partial charge in [0.2, 0.25) is 0 Å². The summed E-state index contributed by atoms with van der Waals surface area (Å²) in [6.45, 7) is 3.44. The summed E-state index contributed by atoms with van der Waals surface area (Å²) in [7, 11) is 0. The lowest BCUT2D eigenvalue weighted by Crippen LogP contribution is -2.45. The summed E-state index contributed by atoms with van der Waals surface area (Å²) >= 11 is 0. The fourth-order valence-electron chi connectivity index (χ4n) is 3.40. The molecule has 4 nitrogen and oxygen atoms in total. The van der Waals surface area contributed by atoms with Gasteiger partial charge in [0.15, 0.2) is 0 Å². The van der Waals surface area contributed by atoms with Gasteiger partial charge in [0.1, 0.15) is 5.82 Å². The van der Waals surface area contributed by atoms with E-state index < -0.39 is 0 Å². The lowest BCUT2D eigenvalue weighted by atomic mass is 10.0. The average molecular weight is 336 g/mol. The Morgan fingerprint density at radius 2 is 1.96 bits per heavy atom. The summed E-state index contributed by atoms with van der Waals surface area (Å²) in [5.41, 5.74) is 4.14. The van der Waals surface area contributed by atoms with Crippen LogP contribution in [0.3, 0.4) is 0 Å². The van der Waals surface area contributed by atoms with E-state index in [-0.39, 0.29) is 11.9 Å². The van der Waals surface area contributed by atoms with Gasteiger partial charge in [-0.05, 0) is 23.8 Å². The Labute approximate surface area is 146 Å². The van der Waals surface area contributed by atoms with E-state index in [0.29, 0.717) is 0 Å². The van der Waals surface area contributed by atoms with Crippen molar-refractivity contribution >= 4 is 0 Å². The van der Waals surface area contributed by atoms with Gasteiger partial charge in [-0.3, -0.25) is 10.00 Å². The Morgan fingerprint density at radius 3 is 2.80 bits per heavy atom. The van der Waals surface area contributed by atoms with E-state index in [9.17, 15) is 4.39 Å². The lowest BCUT2D eigenvalue weighted by Gasteiger charge is -2.36. The molecule has 4 rings (SSSR count). The van der Waals surface area contributed by atoms with Crippen molar-refractivity contribution in [1.29, 1.82) is 0 Å². The van der Waals surface area contributed by atoms with E-state index in [1.54, 1.807) is 12.1 Å². The molecule has 2 aromatic carbocycles. The molecule has 25 heavy (non-hydrogen) atoms. The largest absolute Gasteiger partial charge is 0.314 e. The van der Waals surface area contributed by atoms with Crippen LogP contribution in [0.4, 0.5) is 4.39 Å². The summed E-state index contributed by atoms with van der Waals surface area (Å²) in [4.78, 5) is 2.37. The monoisotopic (exact) mass is 336 g/mol. The fraction of sp³-hybridized carbons (Fsp3) is 0.250. The van der Waals surface area contributed by atoms with Crippen LogP contribution in [0.25, 0.3) is 11.3 Å². The summed E-state index contributed by atoms with van der Waals surface area (Å²) < 4.78 is 13.6. The van der Waals surface area contributed by atoms with Crippen LogP contribution in [0.2, 0.25) is 0 Å². The highest BCUT2D eigenvalue weighted by Gasteiger charge is 2.24. The standard InChI is InChI=1S/C20H21FN4/c21-17-8-4-7-16(11-17)20-13-22-9-10-25(20)14-18-12-19(24-23-18)15-5-2-1-3-6-15/h1-8,11-12,20,22H,9-10,13-14H2,(H,23,24). The van der Waals surface area contributed by atoms with Crippen molar-refractivity contribution in [3.63, 3.8) is 0 Å². The first-order chi connectivity index (χ1) is 12.3. The van der Waals surface area contributed by atoms with Crippen LogP contribution in [0.15, 0.2) is 60.7 Å². The molecule has 1 atom stereocenters. The van der Waals surface area contributed by atoms with Crippen molar-refractivity contribution in [2.75, 3.05) is 19.6 Å². The van der Waals surface area contributed by atoms with E-state index in [1.165, 1.54) is 6.07 Å². The highest BCUT2D eigenvalue weighted by atomic mass is 19.1. The number of H-pyrrole nitrogens is 1. The van der Waals surface area contributed by atoms with Gasteiger partial charge in [0, 0.05) is 43.5 Å². The maximum Gasteiger partial charge on any atom is 0.123 e. The Hall–Kier alpha value is -2.50. The Bertz CT molecular complexity index is 830. The van der Waals surface area contributed by atoms with Crippen LogP contribution in [-0.2, 0) is 6.54 Å². The minimum atomic E-state index is -0.184. The number of hydrogen-bond donors (Lipinski definition) is 2. The van der Waals surface area contributed by atoms with E-state index in [2.05, 4.69) is 38.6 Å². The molecule has 5 heteroatoms. The number of nitrogens with zero attached hydrogens (tertiary/aromatic N) is 2. The van der Waals surface area contributed by atoms with Crippen molar-refractivity contribution in [1.82, 2.24) is 20.4 Å². The van der Waals surface area contributed by atoms with Crippen LogP contribution in [0.1, 0.15) is 17.3 Å². The number of halogens is 1. The molecular formula is C20H21FN4. The summed E-state index contributed by atoms with van der Waals surface area (Å²) in [5, 5.41) is 11.0. The number of rotatable bonds is 4. The third-order valence-corrected chi connectivity index (χ3v) is 4.66. The highest BCUT2D eigenvalue weighted by molar-refractivity contribution is 5.58. The zero-order chi connectivity index (χ0) is 17.1. The van der Waals surface area contributed by atoms with Crippen LogP contribution < -0.4 is 5.32 Å². The van der Waals surface area contributed by atoms with Gasteiger partial charge in [-0.25, -0.2) is 4.39 Å². The van der Waals surface area contributed by atoms with Crippen LogP contribution in [0, 0.1) is 5.82 Å². The van der Waals surface area contributed by atoms with Crippen LogP contribution in [-0.4, -0.2) is 34.7 Å². The number of benzene rings is 2. The number of hydrogen-bond acceptors (Lipinski definition) is 3. The zero-order valence-corrected chi connectivity index (χ0v) is 14.0. The smallest absolute Gasteiger partial charge is 0.123 e. The Kier molecular flexibility index (Phi) is 4.59. The molecule has 1 aliphatic rings. The quantitative estimate of drug-likeness (QED) is 0.768. The molecule has 1 aliphatic heterocycles. The van der Waals surface area contributed by atoms with E-state index in [0.717, 1.165) is 48.7 Å². The summed E-state index contributed by atoms with van der Waals surface area (Å²) in [6.07, 6.45) is 0. The fourth-order valence-corrected chi connectivity index (χ4v) is 3.40. The third-order valence-electron chi connectivity index (χ3n) is 4.66. The summed E-state index contributed by atoms with van der Waals surface area (Å²) in [6, 6.07) is 19.3. The van der Waals surface area contributed by atoms with Crippen molar-refractivity contribution in [2.45, 2.75) is 12.6 Å². The minimum absolute atomic E-state index is 0.160. The summed E-state index contributed by atoms with van der Waals surface area (Å²) in [5.74, 6) is -0.184. The second-order valence-corrected chi connectivity index (χ2v) is 6.39. The predicted molar refractivity (Wildman–Crippen MR) is 96.4 cm³/mol. The highest BCUT2D eigenvalue weighted by Crippen LogP contribution is 2.25. The number of nitrogens with one attached hydrogen (secondary N) is 2. The van der Waals surface area contributed by atoms with E-state index in [4.69, 9.17) is 0 Å². The van der Waals surface area contributed by atoms with Crippen molar-refractivity contribution in [3.8, 4) is 11.3 Å². The first-order valence-electron chi connectivity index (χ1n) is 8.59. The molecule has 3 aromatic rings. The van der Waals surface area contributed by atoms with Crippen LogP contribution in [0.5, 0.6) is 0 Å². The van der Waals surface area contributed by atoms with Gasteiger partial charge in [-0.15, -0.1) is 0 Å². The van der Waals surface area contributed by atoms with Gasteiger partial charge in [0.05, 0.1) is 5.69 Å². The first-order valence-corrected chi connectivity index (χ1v) is 8.59. The van der Waals surface area contributed by atoms with Crippen molar-refractivity contribution in [3.05, 3.63) is 77.7 Å². The molecule has 1 saturated heterocycles. The molecule has 0 spiro atoms. The van der Waals surface area contributed by atoms with Gasteiger partial charge in [-0.2, -0.15) is 5.10 Å². The molecule has 1 unspecified atom stereocenters. The average Bonchev–Trinajstić information content (AvgIpc) is 3.11. The predicted octanol–water partition coefficient (Wildman–Crippen LogP) is 3.36. The molecule has 0 amide bonds. The van der Waals surface area contributed by atoms with E-state index in [1.807, 2.05) is 24.3 Å². The van der Waals surface area contributed by atoms with Gasteiger partial charge in [-0.1, -0.05) is 42.5 Å². The normalized spacial score (nSPS) is 18.4. The molecule has 1 fully saturated rings. The van der Waals surface area contributed by atoms with Crippen molar-refractivity contribution < 1.29 is 4.39 Å². The molecular weight excluding hydrogens is 315 g/mol.